The van der Waals surface area contributed by atoms with Gasteiger partial charge in [-0.25, -0.2) is 0 Å². The van der Waals surface area contributed by atoms with Crippen molar-refractivity contribution in [2.24, 2.45) is 65.1 Å². The van der Waals surface area contributed by atoms with E-state index in [0.717, 1.165) is 47.3 Å². The maximum atomic E-state index is 2.95. The predicted molar refractivity (Wildman–Crippen MR) is 219 cm³/mol. The van der Waals surface area contributed by atoms with Gasteiger partial charge in [0.15, 0.2) is 0 Å². The van der Waals surface area contributed by atoms with E-state index in [4.69, 9.17) is 0 Å². The van der Waals surface area contributed by atoms with Crippen molar-refractivity contribution in [1.82, 2.24) is 0 Å². The summed E-state index contributed by atoms with van der Waals surface area (Å²) in [6, 6.07) is 0. The summed E-state index contributed by atoms with van der Waals surface area (Å²) in [5.41, 5.74) is 17.3. The monoisotopic (exact) mass is 716 g/mol. The Labute approximate surface area is 321 Å². The summed E-state index contributed by atoms with van der Waals surface area (Å²) in [7, 11) is 15.6. The molecule has 0 aromatic heterocycles. The molecule has 3 aliphatic heterocycles. The van der Waals surface area contributed by atoms with Crippen LogP contribution < -0.4 is 15.7 Å². The van der Waals surface area contributed by atoms with Crippen LogP contribution in [0.2, 0.25) is 0 Å². The molecule has 3 saturated heterocycles. The van der Waals surface area contributed by atoms with E-state index in [1.54, 1.807) is 5.56 Å². The molecule has 3 heterocycles. The highest BCUT2D eigenvalue weighted by atomic mass is 15.3. The summed E-state index contributed by atoms with van der Waals surface area (Å²) >= 11 is 0. The Hall–Kier alpha value is -3.24. The highest BCUT2D eigenvalue weighted by Crippen LogP contribution is 2.78. The van der Waals surface area contributed by atoms with Gasteiger partial charge in [-0.3, -0.25) is 0 Å². The Balaban J connectivity index is 1.13. The van der Waals surface area contributed by atoms with Crippen LogP contribution in [0.4, 0.5) is 0 Å². The summed E-state index contributed by atoms with van der Waals surface area (Å²) in [4.78, 5) is 0. The fourth-order valence-electron chi connectivity index (χ4n) is 21.6. The summed E-state index contributed by atoms with van der Waals surface area (Å²) in [6.45, 7) is 8.12. The van der Waals surface area contributed by atoms with Gasteiger partial charge in [0.25, 0.3) is 0 Å². The molecule has 0 bridgehead atoms. The van der Waals surface area contributed by atoms with Crippen molar-refractivity contribution >= 4 is 65.9 Å². The summed E-state index contributed by atoms with van der Waals surface area (Å²) < 4.78 is 3.62. The van der Waals surface area contributed by atoms with E-state index >= 15 is 0 Å². The number of benzene rings is 2. The Morgan fingerprint density at radius 2 is 1.00 bits per heavy atom. The first-order chi connectivity index (χ1) is 26.5. The van der Waals surface area contributed by atoms with Crippen LogP contribution in [0.3, 0.4) is 0 Å². The first-order valence-corrected chi connectivity index (χ1v) is 22.8. The van der Waals surface area contributed by atoms with E-state index in [1.165, 1.54) is 52.7 Å². The maximum Gasteiger partial charge on any atom is 0.0861 e. The molecule has 16 atom stereocenters. The van der Waals surface area contributed by atoms with Crippen LogP contribution >= 0.6 is 0 Å². The van der Waals surface area contributed by atoms with Gasteiger partial charge in [0.2, 0.25) is 0 Å². The summed E-state index contributed by atoms with van der Waals surface area (Å²) in [5.74, 6) is 11.7. The molecule has 0 spiro atoms. The van der Waals surface area contributed by atoms with Gasteiger partial charge < -0.3 is 13.4 Å². The van der Waals surface area contributed by atoms with Gasteiger partial charge in [-0.1, -0.05) is 24.3 Å². The second-order valence-electron chi connectivity index (χ2n) is 24.8. The van der Waals surface area contributed by atoms with E-state index in [1.807, 2.05) is 103 Å². The van der Waals surface area contributed by atoms with Crippen molar-refractivity contribution < 1.29 is 13.4 Å². The van der Waals surface area contributed by atoms with Crippen molar-refractivity contribution in [3.63, 3.8) is 0 Å². The van der Waals surface area contributed by atoms with Crippen molar-refractivity contribution in [3.05, 3.63) is 67.3 Å². The molecule has 0 N–H and O–H groups in total. The highest BCUT2D eigenvalue weighted by molar-refractivity contribution is 6.41. The van der Waals surface area contributed by atoms with Crippen LogP contribution in [0, 0.1) is 65.1 Å². The molecule has 3 nitrogen and oxygen atoms in total. The molecular weight excluding hydrogens is 667 g/mol. The number of allylic oxidation sites excluding steroid dienone is 3. The Kier molecular flexibility index (Phi) is 3.55. The molecule has 14 aliphatic rings. The summed E-state index contributed by atoms with van der Waals surface area (Å²) in [6.07, 6.45) is 11.6. The number of fused-ring (bicyclic) bond motifs is 14. The lowest BCUT2D eigenvalue weighted by Crippen LogP contribution is -2.49. The van der Waals surface area contributed by atoms with Crippen LogP contribution in [0.25, 0.3) is 65.9 Å². The van der Waals surface area contributed by atoms with Crippen LogP contribution in [0.5, 0.6) is 0 Å². The van der Waals surface area contributed by atoms with Gasteiger partial charge in [-0.2, -0.15) is 0 Å². The minimum absolute atomic E-state index is 0.627. The minimum atomic E-state index is 0.627. The zero-order valence-corrected chi connectivity index (χ0v) is 33.1. The number of hydrogen-bond acceptors (Lipinski definition) is 0. The third kappa shape index (κ3) is 2.23. The molecule has 270 valence electrons. The normalized spacial score (nSPS) is 48.3. The molecule has 16 unspecified atom stereocenters. The number of likely N-dealkylation sites (tertiary alicyclic amines) is 3. The average molecular weight is 717 g/mol. The lowest BCUT2D eigenvalue weighted by atomic mass is 9.55. The number of quaternary nitrogens is 3. The maximum absolute atomic E-state index is 2.95. The third-order valence-electron chi connectivity index (χ3n) is 21.7. The fraction of sp³-hybridized carbons (Fsp3) is 0.538. The van der Waals surface area contributed by atoms with Crippen molar-refractivity contribution in [1.29, 1.82) is 0 Å². The first kappa shape index (κ1) is 27.4. The van der Waals surface area contributed by atoms with Crippen LogP contribution in [-0.4, -0.2) is 95.0 Å². The molecule has 11 aliphatic carbocycles. The molecule has 6 fully saturated rings. The lowest BCUT2D eigenvalue weighted by Gasteiger charge is -2.47. The van der Waals surface area contributed by atoms with Crippen LogP contribution in [0.15, 0.2) is 18.2 Å². The van der Waals surface area contributed by atoms with Gasteiger partial charge in [-0.05, 0) is 144 Å². The van der Waals surface area contributed by atoms with Crippen LogP contribution in [-0.2, 0) is 0 Å². The Bertz CT molecular complexity index is 3260. The Morgan fingerprint density at radius 1 is 0.418 bits per heavy atom. The van der Waals surface area contributed by atoms with E-state index < -0.39 is 0 Å². The molecule has 0 radical (unpaired) electrons. The molecule has 5 aromatic carbocycles. The number of nitrogens with zero attached hydrogens (tertiary/aromatic N) is 3. The molecule has 3 heteroatoms. The van der Waals surface area contributed by atoms with Crippen LogP contribution in [0.1, 0.15) is 63.0 Å². The topological polar surface area (TPSA) is 0 Å². The van der Waals surface area contributed by atoms with Gasteiger partial charge in [0.1, 0.15) is 0 Å². The molecule has 19 rings (SSSR count). The van der Waals surface area contributed by atoms with E-state index in [-0.39, 0.29) is 0 Å². The minimum Gasteiger partial charge on any atom is -0.328 e. The lowest BCUT2D eigenvalue weighted by molar-refractivity contribution is -0.881. The third-order valence-corrected chi connectivity index (χ3v) is 21.7. The zero-order chi connectivity index (χ0) is 35.4. The van der Waals surface area contributed by atoms with Gasteiger partial charge in [0, 0.05) is 59.2 Å². The fourth-order valence-corrected chi connectivity index (χ4v) is 21.6. The quantitative estimate of drug-likeness (QED) is 0.146. The van der Waals surface area contributed by atoms with Gasteiger partial charge in [-0.15, -0.1) is 0 Å². The molecular formula is C52H50N3+3. The molecule has 0 amide bonds. The number of rotatable bonds is 0. The largest absolute Gasteiger partial charge is 0.328 e. The smallest absolute Gasteiger partial charge is 0.0861 e. The molecule has 5 aromatic rings. The summed E-state index contributed by atoms with van der Waals surface area (Å²) in [5, 5.41) is 20.3. The molecule has 3 saturated carbocycles. The van der Waals surface area contributed by atoms with Crippen molar-refractivity contribution in [2.45, 2.75) is 29.6 Å². The number of hydrogen-bond donors (Lipinski definition) is 0. The zero-order valence-electron chi connectivity index (χ0n) is 33.1. The van der Waals surface area contributed by atoms with Crippen molar-refractivity contribution in [3.8, 4) is 0 Å². The Morgan fingerprint density at radius 3 is 1.80 bits per heavy atom. The highest BCUT2D eigenvalue weighted by Gasteiger charge is 2.73. The van der Waals surface area contributed by atoms with E-state index in [0.29, 0.717) is 47.3 Å². The van der Waals surface area contributed by atoms with Gasteiger partial charge >= 0.3 is 0 Å². The standard InChI is InChI=1S/C52H50N3/c1-53(2)11-21-22(12-53)28-18-8-10-20-30-24-14-55(5,6)16-26(24)36-35-25-15-54(3,4)13-23(25)29-19-9-7-17-27(21)37-38(28)42-32(18)34(20)44-40(30)46(36)47-45(35)39(29)43-33(19)31(17)41(37)48-49(42)51(44)52(47)50(43)48/h7-10,17-19,21-29,31-32,37-38H,11-16H2,1-6H3/q+3. The average Bonchev–Trinajstić information content (AvgIpc) is 3.98. The van der Waals surface area contributed by atoms with E-state index in [9.17, 15) is 0 Å². The first-order valence-electron chi connectivity index (χ1n) is 22.8. The van der Waals surface area contributed by atoms with Crippen molar-refractivity contribution in [2.75, 3.05) is 81.6 Å². The van der Waals surface area contributed by atoms with E-state index in [2.05, 4.69) is 66.6 Å². The second kappa shape index (κ2) is 7.13. The predicted octanol–water partition coefficient (Wildman–Crippen LogP) is 5.53. The second-order valence-corrected chi connectivity index (χ2v) is 24.8. The number of likely N-dealkylation sites (N-methyl/N-ethyl adjacent to an activating group) is 2. The molecule has 55 heavy (non-hydrogen) atoms. The SMILES string of the molecule is C[N+]1(C)CC2c3c4c5c6c3c3c(c7c8c9c%10c%11c%12c(c6c%11c83)=C3C5C(C=C4)C4C5C[N+](C)(C)CC5C5C6C=CC(C=%10C6C=%12C5C34)C9C3C[N+](C)(C)CC73)C2C1. The van der Waals surface area contributed by atoms with Gasteiger partial charge in [0.05, 0.1) is 81.6 Å².